The van der Waals surface area contributed by atoms with Gasteiger partial charge in [-0.2, -0.15) is 0 Å². The van der Waals surface area contributed by atoms with Gasteiger partial charge in [0.15, 0.2) is 6.10 Å². The van der Waals surface area contributed by atoms with Gasteiger partial charge in [-0.15, -0.1) is 0 Å². The highest BCUT2D eigenvalue weighted by Gasteiger charge is 2.59. The number of allylic oxidation sites excluding steroid dienone is 6. The number of methoxy groups -OCH3 is 1. The predicted octanol–water partition coefficient (Wildman–Crippen LogP) is 17.2. The molecule has 0 aromatic rings. The van der Waals surface area contributed by atoms with Gasteiger partial charge in [-0.05, 0) is 96.3 Å². The zero-order valence-electron chi connectivity index (χ0n) is 46.0. The van der Waals surface area contributed by atoms with Gasteiger partial charge in [0.1, 0.15) is 25.4 Å². The Bertz CT molecular complexity index is 1300. The lowest BCUT2D eigenvalue weighted by Crippen LogP contribution is -2.51. The first-order valence-corrected chi connectivity index (χ1v) is 29.7. The standard InChI is InChI=1S/C61H110O9/c1-5-8-11-14-17-20-23-26-29-32-35-38-41-44-47-50-56(62)67-53-55-59(65)60(69-58(64)52-49-46-43-40-37-34-31-28-25-22-19-16-13-10-7-3)61(66-4,70-55)54-68-57(63)51-48-45-42-39-36-33-30-27-24-21-18-15-12-9-6-2/h26-31,55,59-60,65H,5-25,32-54H2,1-4H3. The lowest BCUT2D eigenvalue weighted by atomic mass is 10.0. The Morgan fingerprint density at radius 3 is 1.07 bits per heavy atom. The summed E-state index contributed by atoms with van der Waals surface area (Å²) in [5, 5.41) is 11.5. The zero-order valence-corrected chi connectivity index (χ0v) is 46.0. The van der Waals surface area contributed by atoms with Crippen LogP contribution in [-0.2, 0) is 38.1 Å². The maximum absolute atomic E-state index is 13.2. The van der Waals surface area contributed by atoms with Crippen molar-refractivity contribution in [2.75, 3.05) is 20.3 Å². The fraction of sp³-hybridized carbons (Fsp3) is 0.852. The minimum Gasteiger partial charge on any atom is -0.463 e. The van der Waals surface area contributed by atoms with Gasteiger partial charge in [-0.1, -0.05) is 211 Å². The molecule has 0 aromatic heterocycles. The average molecular weight is 988 g/mol. The molecule has 0 aromatic carbocycles. The number of aliphatic hydroxyl groups excluding tert-OH is 1. The molecule has 1 aliphatic heterocycles. The molecule has 408 valence electrons. The lowest BCUT2D eigenvalue weighted by Gasteiger charge is -2.32. The van der Waals surface area contributed by atoms with Gasteiger partial charge in [0.25, 0.3) is 0 Å². The zero-order chi connectivity index (χ0) is 50.9. The molecule has 1 fully saturated rings. The van der Waals surface area contributed by atoms with Crippen LogP contribution >= 0.6 is 0 Å². The Kier molecular flexibility index (Phi) is 45.6. The quantitative estimate of drug-likeness (QED) is 0.0275. The van der Waals surface area contributed by atoms with Crippen molar-refractivity contribution in [2.45, 2.75) is 315 Å². The van der Waals surface area contributed by atoms with E-state index in [9.17, 15) is 19.5 Å². The van der Waals surface area contributed by atoms with Crippen LogP contribution in [0.4, 0.5) is 0 Å². The lowest BCUT2D eigenvalue weighted by molar-refractivity contribution is -0.271. The molecule has 4 atom stereocenters. The van der Waals surface area contributed by atoms with Crippen LogP contribution in [0.5, 0.6) is 0 Å². The van der Waals surface area contributed by atoms with E-state index in [2.05, 4.69) is 57.2 Å². The van der Waals surface area contributed by atoms with Crippen LogP contribution in [0.3, 0.4) is 0 Å². The molecule has 0 spiro atoms. The van der Waals surface area contributed by atoms with Gasteiger partial charge in [0, 0.05) is 26.4 Å². The maximum atomic E-state index is 13.2. The number of hydrogen-bond donors (Lipinski definition) is 1. The maximum Gasteiger partial charge on any atom is 0.306 e. The van der Waals surface area contributed by atoms with Crippen LogP contribution < -0.4 is 0 Å². The molecule has 0 aliphatic carbocycles. The molecule has 0 bridgehead atoms. The number of carbonyl (C=O) groups excluding carboxylic acids is 3. The largest absolute Gasteiger partial charge is 0.463 e. The SMILES string of the molecule is CCCCCCCCC=CCCCCCCCC(=O)OCC1OC(COC(=O)CCCCCCCC=CCCCCCCCC)(OC)C(OC(=O)CCCCCCCC=CCCCCCCCC)C1O. The van der Waals surface area contributed by atoms with E-state index in [-0.39, 0.29) is 38.4 Å². The fourth-order valence-electron chi connectivity index (χ4n) is 9.20. The molecule has 0 amide bonds. The van der Waals surface area contributed by atoms with Crippen molar-refractivity contribution in [1.29, 1.82) is 0 Å². The van der Waals surface area contributed by atoms with E-state index in [0.29, 0.717) is 12.8 Å². The summed E-state index contributed by atoms with van der Waals surface area (Å²) in [5.41, 5.74) is 0. The molecule has 1 N–H and O–H groups in total. The number of unbranched alkanes of at least 4 members (excludes halogenated alkanes) is 33. The van der Waals surface area contributed by atoms with Crippen molar-refractivity contribution in [1.82, 2.24) is 0 Å². The normalized spacial score (nSPS) is 18.2. The second-order valence-corrected chi connectivity index (χ2v) is 20.4. The molecular weight excluding hydrogens is 877 g/mol. The summed E-state index contributed by atoms with van der Waals surface area (Å²) in [6.45, 7) is 6.16. The highest BCUT2D eigenvalue weighted by molar-refractivity contribution is 5.70. The number of esters is 3. The van der Waals surface area contributed by atoms with Crippen LogP contribution in [0.2, 0.25) is 0 Å². The van der Waals surface area contributed by atoms with E-state index in [1.54, 1.807) is 0 Å². The van der Waals surface area contributed by atoms with Crippen LogP contribution in [-0.4, -0.2) is 67.4 Å². The van der Waals surface area contributed by atoms with Gasteiger partial charge >= 0.3 is 17.9 Å². The third kappa shape index (κ3) is 37.3. The van der Waals surface area contributed by atoms with Crippen molar-refractivity contribution in [3.63, 3.8) is 0 Å². The van der Waals surface area contributed by atoms with Gasteiger partial charge in [-0.3, -0.25) is 14.4 Å². The van der Waals surface area contributed by atoms with Crippen molar-refractivity contribution < 1.29 is 43.2 Å². The van der Waals surface area contributed by atoms with E-state index in [1.807, 2.05) is 0 Å². The smallest absolute Gasteiger partial charge is 0.306 e. The highest BCUT2D eigenvalue weighted by Crippen LogP contribution is 2.36. The third-order valence-electron chi connectivity index (χ3n) is 13.9. The van der Waals surface area contributed by atoms with Crippen molar-refractivity contribution in [2.24, 2.45) is 0 Å². The molecule has 9 nitrogen and oxygen atoms in total. The molecule has 1 heterocycles. The second kappa shape index (κ2) is 48.8. The van der Waals surface area contributed by atoms with Crippen LogP contribution in [0.25, 0.3) is 0 Å². The molecule has 9 heteroatoms. The van der Waals surface area contributed by atoms with E-state index in [4.69, 9.17) is 23.7 Å². The Morgan fingerprint density at radius 2 is 0.729 bits per heavy atom. The molecule has 1 saturated heterocycles. The predicted molar refractivity (Wildman–Crippen MR) is 291 cm³/mol. The summed E-state index contributed by atoms with van der Waals surface area (Å²) in [6.07, 6.45) is 56.6. The molecule has 0 saturated carbocycles. The number of hydrogen-bond acceptors (Lipinski definition) is 9. The second-order valence-electron chi connectivity index (χ2n) is 20.4. The first-order chi connectivity index (χ1) is 34.3. The van der Waals surface area contributed by atoms with Crippen molar-refractivity contribution in [3.05, 3.63) is 36.5 Å². The van der Waals surface area contributed by atoms with E-state index in [1.165, 1.54) is 142 Å². The summed E-state index contributed by atoms with van der Waals surface area (Å²) < 4.78 is 29.1. The van der Waals surface area contributed by atoms with Crippen LogP contribution in [0.15, 0.2) is 36.5 Å². The van der Waals surface area contributed by atoms with E-state index in [0.717, 1.165) is 103 Å². The molecule has 1 aliphatic rings. The monoisotopic (exact) mass is 987 g/mol. The molecule has 0 radical (unpaired) electrons. The molecule has 70 heavy (non-hydrogen) atoms. The van der Waals surface area contributed by atoms with E-state index < -0.39 is 36.0 Å². The van der Waals surface area contributed by atoms with Gasteiger partial charge < -0.3 is 28.8 Å². The van der Waals surface area contributed by atoms with Crippen LogP contribution in [0.1, 0.15) is 290 Å². The summed E-state index contributed by atoms with van der Waals surface area (Å²) in [4.78, 5) is 39.0. The Balaban J connectivity index is 2.54. The fourth-order valence-corrected chi connectivity index (χ4v) is 9.20. The summed E-state index contributed by atoms with van der Waals surface area (Å²) in [7, 11) is 1.39. The average Bonchev–Trinajstić information content (AvgIpc) is 3.62. The Morgan fingerprint density at radius 1 is 0.429 bits per heavy atom. The number of rotatable bonds is 51. The number of carbonyl (C=O) groups is 3. The van der Waals surface area contributed by atoms with Gasteiger partial charge in [-0.25, -0.2) is 0 Å². The third-order valence-corrected chi connectivity index (χ3v) is 13.9. The number of aliphatic hydroxyl groups is 1. The summed E-state index contributed by atoms with van der Waals surface area (Å²) in [6, 6.07) is 0. The van der Waals surface area contributed by atoms with Gasteiger partial charge in [0.05, 0.1) is 0 Å². The summed E-state index contributed by atoms with van der Waals surface area (Å²) >= 11 is 0. The minimum atomic E-state index is -1.74. The Labute approximate surface area is 430 Å². The molecular formula is C61H110O9. The first-order valence-electron chi connectivity index (χ1n) is 29.7. The van der Waals surface area contributed by atoms with Crippen molar-refractivity contribution >= 4 is 17.9 Å². The van der Waals surface area contributed by atoms with E-state index >= 15 is 0 Å². The van der Waals surface area contributed by atoms with Crippen LogP contribution in [0, 0.1) is 0 Å². The van der Waals surface area contributed by atoms with Gasteiger partial charge in [0.2, 0.25) is 5.79 Å². The first kappa shape index (κ1) is 65.5. The Hall–Kier alpha value is -2.49. The topological polar surface area (TPSA) is 118 Å². The number of ether oxygens (including phenoxy) is 5. The minimum absolute atomic E-state index is 0.187. The highest BCUT2D eigenvalue weighted by atomic mass is 16.8. The van der Waals surface area contributed by atoms with Crippen molar-refractivity contribution in [3.8, 4) is 0 Å². The molecule has 1 rings (SSSR count). The molecule has 4 unspecified atom stereocenters. The summed E-state index contributed by atoms with van der Waals surface area (Å²) in [5.74, 6) is -2.99.